The highest BCUT2D eigenvalue weighted by atomic mass is 19.1. The van der Waals surface area contributed by atoms with E-state index in [1.165, 1.54) is 12.1 Å². The third kappa shape index (κ3) is 5.78. The van der Waals surface area contributed by atoms with E-state index in [9.17, 15) is 9.18 Å². The molecule has 0 spiro atoms. The van der Waals surface area contributed by atoms with Gasteiger partial charge in [0.05, 0.1) is 12.6 Å². The Balaban J connectivity index is 1.87. The molecule has 3 aromatic rings. The lowest BCUT2D eigenvalue weighted by Crippen LogP contribution is -2.30. The number of hydrogen-bond acceptors (Lipinski definition) is 2. The van der Waals surface area contributed by atoms with Crippen molar-refractivity contribution in [3.8, 4) is 0 Å². The van der Waals surface area contributed by atoms with Crippen molar-refractivity contribution in [2.45, 2.75) is 52.6 Å². The lowest BCUT2D eigenvalue weighted by molar-refractivity contribution is 0.0931. The average molecular weight is 408 g/mol. The van der Waals surface area contributed by atoms with E-state index in [2.05, 4.69) is 37.3 Å². The van der Waals surface area contributed by atoms with E-state index in [0.717, 1.165) is 36.0 Å². The van der Waals surface area contributed by atoms with E-state index in [1.54, 1.807) is 18.3 Å². The minimum absolute atomic E-state index is 0.0873. The fourth-order valence-electron chi connectivity index (χ4n) is 3.68. The Kier molecular flexibility index (Phi) is 7.39. The number of halogens is 1. The van der Waals surface area contributed by atoms with E-state index in [1.807, 2.05) is 29.1 Å². The molecule has 5 heteroatoms. The van der Waals surface area contributed by atoms with Crippen LogP contribution >= 0.6 is 0 Å². The molecule has 30 heavy (non-hydrogen) atoms. The molecule has 1 aromatic heterocycles. The Labute approximate surface area is 178 Å². The maximum absolute atomic E-state index is 13.4. The van der Waals surface area contributed by atoms with E-state index in [0.29, 0.717) is 18.0 Å². The van der Waals surface area contributed by atoms with Crippen molar-refractivity contribution < 1.29 is 9.18 Å². The molecule has 2 aromatic carbocycles. The maximum atomic E-state index is 13.4. The predicted molar refractivity (Wildman–Crippen MR) is 118 cm³/mol. The molecule has 0 radical (unpaired) electrons. The fourth-order valence-corrected chi connectivity index (χ4v) is 3.68. The first-order valence-corrected chi connectivity index (χ1v) is 10.6. The molecule has 1 heterocycles. The minimum Gasteiger partial charge on any atom is -0.345 e. The van der Waals surface area contributed by atoms with E-state index < -0.39 is 0 Å². The van der Waals surface area contributed by atoms with Crippen molar-refractivity contribution in [1.82, 2.24) is 15.1 Å². The largest absolute Gasteiger partial charge is 0.345 e. The Morgan fingerprint density at radius 1 is 1.17 bits per heavy atom. The first kappa shape index (κ1) is 21.8. The van der Waals surface area contributed by atoms with Crippen molar-refractivity contribution in [3.05, 3.63) is 89.0 Å². The summed E-state index contributed by atoms with van der Waals surface area (Å²) in [5.74, 6) is 0.0299. The van der Waals surface area contributed by atoms with Gasteiger partial charge in [0.2, 0.25) is 0 Å². The van der Waals surface area contributed by atoms with Crippen LogP contribution in [0.3, 0.4) is 0 Å². The van der Waals surface area contributed by atoms with Crippen LogP contribution in [0.4, 0.5) is 4.39 Å². The average Bonchev–Trinajstić information content (AvgIpc) is 3.22. The monoisotopic (exact) mass is 407 g/mol. The van der Waals surface area contributed by atoms with Gasteiger partial charge < -0.3 is 5.32 Å². The van der Waals surface area contributed by atoms with Crippen LogP contribution in [0, 0.1) is 11.7 Å². The summed E-state index contributed by atoms with van der Waals surface area (Å²) in [7, 11) is 0. The van der Waals surface area contributed by atoms with Gasteiger partial charge in [-0.15, -0.1) is 0 Å². The fraction of sp³-hybridized carbons (Fsp3) is 0.360. The summed E-state index contributed by atoms with van der Waals surface area (Å²) >= 11 is 0. The first-order chi connectivity index (χ1) is 14.5. The molecule has 0 fully saturated rings. The lowest BCUT2D eigenvalue weighted by Gasteiger charge is -2.22. The van der Waals surface area contributed by atoms with Gasteiger partial charge in [-0.25, -0.2) is 4.39 Å². The lowest BCUT2D eigenvalue weighted by atomic mass is 9.95. The van der Waals surface area contributed by atoms with Gasteiger partial charge in [-0.2, -0.15) is 5.10 Å². The summed E-state index contributed by atoms with van der Waals surface area (Å²) in [5, 5.41) is 7.46. The van der Waals surface area contributed by atoms with Gasteiger partial charge in [0.1, 0.15) is 5.82 Å². The van der Waals surface area contributed by atoms with E-state index in [4.69, 9.17) is 0 Å². The second-order valence-corrected chi connectivity index (χ2v) is 8.15. The number of nitrogens with zero attached hydrogens (tertiary/aromatic N) is 2. The van der Waals surface area contributed by atoms with Crippen molar-refractivity contribution in [2.75, 3.05) is 0 Å². The molecule has 1 amide bonds. The summed E-state index contributed by atoms with van der Waals surface area (Å²) in [5.41, 5.74) is 3.70. The highest BCUT2D eigenvalue weighted by molar-refractivity contribution is 5.96. The third-order valence-corrected chi connectivity index (χ3v) is 5.13. The number of carbonyl (C=O) groups excluding carboxylic acids is 1. The quantitative estimate of drug-likeness (QED) is 0.506. The van der Waals surface area contributed by atoms with Crippen molar-refractivity contribution in [1.29, 1.82) is 0 Å². The summed E-state index contributed by atoms with van der Waals surface area (Å²) < 4.78 is 15.2. The van der Waals surface area contributed by atoms with Gasteiger partial charge >= 0.3 is 0 Å². The van der Waals surface area contributed by atoms with E-state index in [-0.39, 0.29) is 17.8 Å². The highest BCUT2D eigenvalue weighted by Gasteiger charge is 2.19. The molecule has 1 unspecified atom stereocenters. The molecule has 158 valence electrons. The summed E-state index contributed by atoms with van der Waals surface area (Å²) in [4.78, 5) is 13.3. The number of benzene rings is 2. The second kappa shape index (κ2) is 10.2. The van der Waals surface area contributed by atoms with Gasteiger partial charge in [0.25, 0.3) is 5.91 Å². The summed E-state index contributed by atoms with van der Waals surface area (Å²) in [6, 6.07) is 14.2. The van der Waals surface area contributed by atoms with Gasteiger partial charge in [0.15, 0.2) is 0 Å². The Bertz CT molecular complexity index is 949. The normalized spacial score (nSPS) is 12.2. The molecule has 0 saturated carbocycles. The first-order valence-electron chi connectivity index (χ1n) is 10.6. The second-order valence-electron chi connectivity index (χ2n) is 8.15. The van der Waals surface area contributed by atoms with Crippen LogP contribution in [-0.2, 0) is 13.0 Å². The number of carbonyl (C=O) groups is 1. The van der Waals surface area contributed by atoms with Gasteiger partial charge in [-0.1, -0.05) is 51.5 Å². The molecule has 0 aliphatic rings. The van der Waals surface area contributed by atoms with Crippen molar-refractivity contribution >= 4 is 5.91 Å². The van der Waals surface area contributed by atoms with Crippen LogP contribution in [-0.4, -0.2) is 15.7 Å². The Hall–Kier alpha value is -2.95. The van der Waals surface area contributed by atoms with Crippen LogP contribution < -0.4 is 5.32 Å². The van der Waals surface area contributed by atoms with Crippen LogP contribution in [0.2, 0.25) is 0 Å². The molecule has 0 aliphatic heterocycles. The molecule has 4 nitrogen and oxygen atoms in total. The van der Waals surface area contributed by atoms with Crippen LogP contribution in [0.15, 0.2) is 60.9 Å². The molecule has 3 rings (SSSR count). The molecule has 0 saturated heterocycles. The molecule has 0 bridgehead atoms. The third-order valence-electron chi connectivity index (χ3n) is 5.13. The Morgan fingerprint density at radius 3 is 2.57 bits per heavy atom. The Morgan fingerprint density at radius 2 is 1.93 bits per heavy atom. The number of nitrogens with one attached hydrogen (secondary N) is 1. The van der Waals surface area contributed by atoms with E-state index >= 15 is 0 Å². The van der Waals surface area contributed by atoms with Gasteiger partial charge in [0, 0.05) is 18.0 Å². The zero-order chi connectivity index (χ0) is 21.5. The van der Waals surface area contributed by atoms with Gasteiger partial charge in [-0.3, -0.25) is 9.48 Å². The van der Waals surface area contributed by atoms with Crippen LogP contribution in [0.5, 0.6) is 0 Å². The number of aromatic nitrogens is 2. The number of aryl methyl sites for hydroxylation is 1. The van der Waals surface area contributed by atoms with Gasteiger partial charge in [-0.05, 0) is 59.7 Å². The van der Waals surface area contributed by atoms with Crippen LogP contribution in [0.1, 0.15) is 66.7 Å². The molecular formula is C25H30FN3O. The van der Waals surface area contributed by atoms with Crippen LogP contribution in [0.25, 0.3) is 0 Å². The van der Waals surface area contributed by atoms with Crippen molar-refractivity contribution in [3.63, 3.8) is 0 Å². The summed E-state index contributed by atoms with van der Waals surface area (Å²) in [6.07, 6.45) is 6.25. The summed E-state index contributed by atoms with van der Waals surface area (Å²) in [6.45, 7) is 6.97. The van der Waals surface area contributed by atoms with Crippen molar-refractivity contribution in [2.24, 2.45) is 5.92 Å². The molecule has 0 aliphatic carbocycles. The zero-order valence-electron chi connectivity index (χ0n) is 17.9. The topological polar surface area (TPSA) is 46.9 Å². The number of rotatable bonds is 9. The number of amides is 1. The number of hydrogen-bond donors (Lipinski definition) is 1. The highest BCUT2D eigenvalue weighted by Crippen LogP contribution is 2.23. The zero-order valence-corrected chi connectivity index (χ0v) is 17.9. The maximum Gasteiger partial charge on any atom is 0.252 e. The molecule has 1 N–H and O–H groups in total. The SMILES string of the molecule is CCCc1ccc(Cn2cccn2)cc1C(=O)NC(CC(C)C)c1ccc(F)cc1. The predicted octanol–water partition coefficient (Wildman–Crippen LogP) is 5.54. The minimum atomic E-state index is -0.273. The standard InChI is InChI=1S/C25H30FN3O/c1-4-6-20-8-7-19(17-29-14-5-13-27-29)16-23(20)25(30)28-24(15-18(2)3)21-9-11-22(26)12-10-21/h5,7-14,16,18,24H,4,6,15,17H2,1-3H3,(H,28,30). The molecular weight excluding hydrogens is 377 g/mol. The smallest absolute Gasteiger partial charge is 0.252 e. The molecule has 1 atom stereocenters.